The maximum absolute atomic E-state index is 4.98. The molecule has 1 aromatic rings. The number of nitrogens with zero attached hydrogens (tertiary/aromatic N) is 2. The number of aromatic nitrogens is 2. The molecule has 0 atom stereocenters. The van der Waals surface area contributed by atoms with Crippen molar-refractivity contribution in [2.75, 3.05) is 11.9 Å². The highest BCUT2D eigenvalue weighted by atomic mass is 127. The molecule has 0 aliphatic heterocycles. The molecule has 2 aliphatic carbocycles. The topological polar surface area (TPSA) is 37.8 Å². The second kappa shape index (κ2) is 6.58. The van der Waals surface area contributed by atoms with E-state index >= 15 is 0 Å². The molecular formula is C16H24IN3. The first-order chi connectivity index (χ1) is 9.79. The Hall–Kier alpha value is -0.390. The van der Waals surface area contributed by atoms with Gasteiger partial charge in [0.1, 0.15) is 11.6 Å². The van der Waals surface area contributed by atoms with Crippen LogP contribution in [0.4, 0.5) is 5.82 Å². The highest BCUT2D eigenvalue weighted by Crippen LogP contribution is 2.43. The second-order valence-corrected chi connectivity index (χ2v) is 7.20. The van der Waals surface area contributed by atoms with Gasteiger partial charge in [0.15, 0.2) is 0 Å². The quantitative estimate of drug-likeness (QED) is 0.596. The molecule has 110 valence electrons. The Morgan fingerprint density at radius 2 is 1.70 bits per heavy atom. The summed E-state index contributed by atoms with van der Waals surface area (Å²) in [5, 5.41) is 3.44. The summed E-state index contributed by atoms with van der Waals surface area (Å²) in [6.07, 6.45) is 10.6. The molecule has 3 rings (SSSR count). The molecule has 0 saturated heterocycles. The molecule has 3 nitrogen and oxygen atoms in total. The molecular weight excluding hydrogens is 361 g/mol. The Balaban J connectivity index is 1.92. The lowest BCUT2D eigenvalue weighted by Gasteiger charge is -2.17. The lowest BCUT2D eigenvalue weighted by atomic mass is 9.99. The van der Waals surface area contributed by atoms with E-state index in [1.54, 1.807) is 0 Å². The molecule has 0 aromatic carbocycles. The molecule has 20 heavy (non-hydrogen) atoms. The lowest BCUT2D eigenvalue weighted by molar-refractivity contribution is 0.557. The minimum Gasteiger partial charge on any atom is -0.369 e. The molecule has 2 saturated carbocycles. The first kappa shape index (κ1) is 14.5. The summed E-state index contributed by atoms with van der Waals surface area (Å²) in [7, 11) is 0. The number of rotatable bonds is 4. The standard InChI is InChI=1S/C16H24IN3/c1-2-18-16-13(17)14(11-9-10-11)19-15(20-16)12-7-5-3-4-6-8-12/h11-12H,2-10H2,1H3,(H,18,19,20). The Morgan fingerprint density at radius 1 is 1.00 bits per heavy atom. The minimum atomic E-state index is 0.587. The van der Waals surface area contributed by atoms with Crippen molar-refractivity contribution in [3.05, 3.63) is 15.1 Å². The number of nitrogens with one attached hydrogen (secondary N) is 1. The Morgan fingerprint density at radius 3 is 2.30 bits per heavy atom. The predicted molar refractivity (Wildman–Crippen MR) is 91.3 cm³/mol. The summed E-state index contributed by atoms with van der Waals surface area (Å²) in [5.74, 6) is 3.48. The third-order valence-electron chi connectivity index (χ3n) is 4.42. The van der Waals surface area contributed by atoms with Gasteiger partial charge < -0.3 is 5.32 Å². The summed E-state index contributed by atoms with van der Waals surface area (Å²) in [4.78, 5) is 9.85. The highest BCUT2D eigenvalue weighted by molar-refractivity contribution is 14.1. The first-order valence-corrected chi connectivity index (χ1v) is 9.18. The summed E-state index contributed by atoms with van der Waals surface area (Å²) in [5.41, 5.74) is 1.32. The maximum Gasteiger partial charge on any atom is 0.143 e. The summed E-state index contributed by atoms with van der Waals surface area (Å²) >= 11 is 2.43. The van der Waals surface area contributed by atoms with Gasteiger partial charge in [-0.3, -0.25) is 0 Å². The third-order valence-corrected chi connectivity index (χ3v) is 5.49. The van der Waals surface area contributed by atoms with Gasteiger partial charge in [-0.25, -0.2) is 9.97 Å². The molecule has 0 radical (unpaired) electrons. The largest absolute Gasteiger partial charge is 0.369 e. The zero-order valence-electron chi connectivity index (χ0n) is 12.3. The highest BCUT2D eigenvalue weighted by Gasteiger charge is 2.30. The second-order valence-electron chi connectivity index (χ2n) is 6.12. The van der Waals surface area contributed by atoms with Gasteiger partial charge in [-0.05, 0) is 55.2 Å². The van der Waals surface area contributed by atoms with Crippen molar-refractivity contribution in [3.63, 3.8) is 0 Å². The van der Waals surface area contributed by atoms with Crippen LogP contribution in [-0.4, -0.2) is 16.5 Å². The molecule has 4 heteroatoms. The zero-order chi connectivity index (χ0) is 13.9. The van der Waals surface area contributed by atoms with Gasteiger partial charge >= 0.3 is 0 Å². The number of hydrogen-bond acceptors (Lipinski definition) is 3. The molecule has 0 spiro atoms. The van der Waals surface area contributed by atoms with E-state index in [0.29, 0.717) is 11.8 Å². The zero-order valence-corrected chi connectivity index (χ0v) is 14.4. The number of halogens is 1. The van der Waals surface area contributed by atoms with E-state index in [1.807, 2.05) is 0 Å². The summed E-state index contributed by atoms with van der Waals surface area (Å²) in [6.45, 7) is 3.07. The van der Waals surface area contributed by atoms with Crippen LogP contribution in [0, 0.1) is 3.57 Å². The fraction of sp³-hybridized carbons (Fsp3) is 0.750. The molecule has 0 unspecified atom stereocenters. The van der Waals surface area contributed by atoms with Gasteiger partial charge in [0.2, 0.25) is 0 Å². The van der Waals surface area contributed by atoms with Crippen molar-refractivity contribution < 1.29 is 0 Å². The maximum atomic E-state index is 4.98. The van der Waals surface area contributed by atoms with Crippen LogP contribution < -0.4 is 5.32 Å². The van der Waals surface area contributed by atoms with E-state index in [1.165, 1.54) is 60.6 Å². The average molecular weight is 385 g/mol. The molecule has 0 amide bonds. The van der Waals surface area contributed by atoms with Crippen molar-refractivity contribution >= 4 is 28.4 Å². The van der Waals surface area contributed by atoms with Gasteiger partial charge in [0, 0.05) is 18.4 Å². The van der Waals surface area contributed by atoms with E-state index in [4.69, 9.17) is 9.97 Å². The van der Waals surface area contributed by atoms with E-state index < -0.39 is 0 Å². The average Bonchev–Trinajstić information content (AvgIpc) is 3.27. The fourth-order valence-corrected chi connectivity index (χ4v) is 3.99. The van der Waals surface area contributed by atoms with Crippen LogP contribution in [0.15, 0.2) is 0 Å². The first-order valence-electron chi connectivity index (χ1n) is 8.10. The van der Waals surface area contributed by atoms with E-state index in [0.717, 1.165) is 18.2 Å². The molecule has 0 bridgehead atoms. The Bertz CT molecular complexity index is 463. The predicted octanol–water partition coefficient (Wildman–Crippen LogP) is 4.83. The fourth-order valence-electron chi connectivity index (χ4n) is 3.11. The van der Waals surface area contributed by atoms with Crippen LogP contribution in [0.5, 0.6) is 0 Å². The van der Waals surface area contributed by atoms with Crippen molar-refractivity contribution in [2.24, 2.45) is 0 Å². The number of anilines is 1. The monoisotopic (exact) mass is 385 g/mol. The van der Waals surface area contributed by atoms with Crippen LogP contribution in [-0.2, 0) is 0 Å². The van der Waals surface area contributed by atoms with Gasteiger partial charge in [-0.1, -0.05) is 25.7 Å². The third kappa shape index (κ3) is 3.26. The van der Waals surface area contributed by atoms with Crippen molar-refractivity contribution in [1.29, 1.82) is 0 Å². The van der Waals surface area contributed by atoms with E-state index in [9.17, 15) is 0 Å². The van der Waals surface area contributed by atoms with Gasteiger partial charge in [0.05, 0.1) is 9.26 Å². The van der Waals surface area contributed by atoms with Crippen molar-refractivity contribution in [1.82, 2.24) is 9.97 Å². The summed E-state index contributed by atoms with van der Waals surface area (Å²) < 4.78 is 1.25. The van der Waals surface area contributed by atoms with Crippen molar-refractivity contribution in [3.8, 4) is 0 Å². The molecule has 2 fully saturated rings. The molecule has 1 N–H and O–H groups in total. The molecule has 1 heterocycles. The number of hydrogen-bond donors (Lipinski definition) is 1. The van der Waals surface area contributed by atoms with Crippen LogP contribution in [0.3, 0.4) is 0 Å². The van der Waals surface area contributed by atoms with Gasteiger partial charge in [-0.2, -0.15) is 0 Å². The minimum absolute atomic E-state index is 0.587. The Kier molecular flexibility index (Phi) is 4.79. The van der Waals surface area contributed by atoms with E-state index in [2.05, 4.69) is 34.8 Å². The summed E-state index contributed by atoms with van der Waals surface area (Å²) in [6, 6.07) is 0. The van der Waals surface area contributed by atoms with Gasteiger partial charge in [0.25, 0.3) is 0 Å². The smallest absolute Gasteiger partial charge is 0.143 e. The molecule has 2 aliphatic rings. The van der Waals surface area contributed by atoms with E-state index in [-0.39, 0.29) is 0 Å². The van der Waals surface area contributed by atoms with Crippen LogP contribution >= 0.6 is 22.6 Å². The van der Waals surface area contributed by atoms with Crippen LogP contribution in [0.2, 0.25) is 0 Å². The van der Waals surface area contributed by atoms with Crippen LogP contribution in [0.25, 0.3) is 0 Å². The molecule has 1 aromatic heterocycles. The SMILES string of the molecule is CCNc1nc(C2CCCCCC2)nc(C2CC2)c1I. The Labute approximate surface area is 135 Å². The van der Waals surface area contributed by atoms with Crippen LogP contribution in [0.1, 0.15) is 81.6 Å². The van der Waals surface area contributed by atoms with Gasteiger partial charge in [-0.15, -0.1) is 0 Å². The lowest BCUT2D eigenvalue weighted by Crippen LogP contribution is -2.12. The van der Waals surface area contributed by atoms with Crippen molar-refractivity contribution in [2.45, 2.75) is 70.1 Å². The normalized spacial score (nSPS) is 20.7.